The average molecular weight is 225 g/mol. The lowest BCUT2D eigenvalue weighted by Crippen LogP contribution is -2.19. The van der Waals surface area contributed by atoms with Crippen LogP contribution in [0.5, 0.6) is 0 Å². The third-order valence-electron chi connectivity index (χ3n) is 2.66. The van der Waals surface area contributed by atoms with Gasteiger partial charge in [-0.2, -0.15) is 0 Å². The predicted molar refractivity (Wildman–Crippen MR) is 55.1 cm³/mol. The Morgan fingerprint density at radius 3 is 3.00 bits per heavy atom. The van der Waals surface area contributed by atoms with Crippen molar-refractivity contribution in [3.8, 4) is 0 Å². The first-order chi connectivity index (χ1) is 7.66. The summed E-state index contributed by atoms with van der Waals surface area (Å²) in [5, 5.41) is 0. The summed E-state index contributed by atoms with van der Waals surface area (Å²) in [6, 6.07) is 0. The molecule has 2 atom stereocenters. The van der Waals surface area contributed by atoms with Gasteiger partial charge in [0.15, 0.2) is 12.1 Å². The number of carbonyl (C=O) groups is 1. The van der Waals surface area contributed by atoms with E-state index in [9.17, 15) is 4.79 Å². The minimum absolute atomic E-state index is 0.0196. The lowest BCUT2D eigenvalue weighted by atomic mass is 10.2. The van der Waals surface area contributed by atoms with Crippen LogP contribution in [-0.2, 0) is 9.47 Å². The number of oxazole rings is 1. The van der Waals surface area contributed by atoms with E-state index >= 15 is 0 Å². The van der Waals surface area contributed by atoms with Crippen molar-refractivity contribution in [1.82, 2.24) is 4.98 Å². The lowest BCUT2D eigenvalue weighted by Gasteiger charge is -2.10. The maximum Gasteiger partial charge on any atom is 0.360 e. The quantitative estimate of drug-likeness (QED) is 0.733. The molecule has 1 aliphatic heterocycles. The van der Waals surface area contributed by atoms with Gasteiger partial charge < -0.3 is 13.9 Å². The summed E-state index contributed by atoms with van der Waals surface area (Å²) in [6.45, 7) is 3.98. The van der Waals surface area contributed by atoms with E-state index in [-0.39, 0.29) is 24.5 Å². The Bertz CT molecular complexity index is 374. The fourth-order valence-corrected chi connectivity index (χ4v) is 1.75. The summed E-state index contributed by atoms with van der Waals surface area (Å²) in [4.78, 5) is 15.4. The van der Waals surface area contributed by atoms with Crippen molar-refractivity contribution >= 4 is 5.97 Å². The van der Waals surface area contributed by atoms with Crippen LogP contribution in [0.3, 0.4) is 0 Å². The summed E-state index contributed by atoms with van der Waals surface area (Å²) in [5.41, 5.74) is 0.242. The second kappa shape index (κ2) is 4.65. The summed E-state index contributed by atoms with van der Waals surface area (Å²) < 4.78 is 15.6. The molecule has 88 valence electrons. The molecule has 0 spiro atoms. The van der Waals surface area contributed by atoms with Crippen LogP contribution >= 0.6 is 0 Å². The highest BCUT2D eigenvalue weighted by Gasteiger charge is 2.24. The number of aryl methyl sites for hydroxylation is 1. The zero-order valence-electron chi connectivity index (χ0n) is 9.43. The third-order valence-corrected chi connectivity index (χ3v) is 2.66. The minimum Gasteiger partial charge on any atom is -0.458 e. The fraction of sp³-hybridized carbons (Fsp3) is 0.636. The Kier molecular flexibility index (Phi) is 3.24. The topological polar surface area (TPSA) is 61.6 Å². The number of aromatic nitrogens is 1. The van der Waals surface area contributed by atoms with Crippen molar-refractivity contribution < 1.29 is 18.7 Å². The van der Waals surface area contributed by atoms with Gasteiger partial charge in [0.25, 0.3) is 0 Å². The van der Waals surface area contributed by atoms with Crippen LogP contribution in [0.4, 0.5) is 0 Å². The number of ether oxygens (including phenoxy) is 2. The maximum atomic E-state index is 11.6. The van der Waals surface area contributed by atoms with Gasteiger partial charge in [0, 0.05) is 0 Å². The van der Waals surface area contributed by atoms with Gasteiger partial charge in [-0.3, -0.25) is 0 Å². The van der Waals surface area contributed by atoms with Crippen molar-refractivity contribution in [2.45, 2.75) is 38.9 Å². The van der Waals surface area contributed by atoms with E-state index in [2.05, 4.69) is 4.98 Å². The monoisotopic (exact) mass is 225 g/mol. The van der Waals surface area contributed by atoms with Crippen molar-refractivity contribution in [2.75, 3.05) is 6.61 Å². The van der Waals surface area contributed by atoms with Crippen molar-refractivity contribution in [1.29, 1.82) is 0 Å². The molecule has 0 aliphatic carbocycles. The van der Waals surface area contributed by atoms with Crippen molar-refractivity contribution in [3.63, 3.8) is 0 Å². The van der Waals surface area contributed by atoms with E-state index in [1.165, 1.54) is 6.39 Å². The third kappa shape index (κ3) is 2.41. The molecule has 16 heavy (non-hydrogen) atoms. The number of esters is 1. The molecule has 0 N–H and O–H groups in total. The fourth-order valence-electron chi connectivity index (χ4n) is 1.75. The molecule has 1 aliphatic rings. The molecule has 1 aromatic rings. The molecule has 0 amide bonds. The molecule has 1 fully saturated rings. The molecule has 0 bridgehead atoms. The second-order valence-corrected chi connectivity index (χ2v) is 4.00. The highest BCUT2D eigenvalue weighted by atomic mass is 16.6. The molecule has 0 unspecified atom stereocenters. The van der Waals surface area contributed by atoms with E-state index in [0.717, 1.165) is 12.8 Å². The van der Waals surface area contributed by atoms with Crippen LogP contribution in [0, 0.1) is 6.92 Å². The van der Waals surface area contributed by atoms with E-state index in [1.807, 2.05) is 6.92 Å². The predicted octanol–water partition coefficient (Wildman–Crippen LogP) is 1.71. The molecule has 5 nitrogen and oxygen atoms in total. The molecule has 5 heteroatoms. The van der Waals surface area contributed by atoms with E-state index < -0.39 is 5.97 Å². The summed E-state index contributed by atoms with van der Waals surface area (Å²) in [6.07, 6.45) is 3.47. The van der Waals surface area contributed by atoms with Crippen LogP contribution in [0.1, 0.15) is 36.0 Å². The first-order valence-electron chi connectivity index (χ1n) is 5.39. The van der Waals surface area contributed by atoms with Crippen molar-refractivity contribution in [3.05, 3.63) is 17.8 Å². The van der Waals surface area contributed by atoms with Gasteiger partial charge in [-0.1, -0.05) is 0 Å². The van der Waals surface area contributed by atoms with Crippen LogP contribution in [0.15, 0.2) is 10.8 Å². The molecular formula is C11H15NO4. The average Bonchev–Trinajstić information content (AvgIpc) is 2.84. The van der Waals surface area contributed by atoms with Gasteiger partial charge >= 0.3 is 5.97 Å². The standard InChI is InChI=1S/C11H15NO4/c1-7-3-4-9(16-7)5-14-11(13)10-8(2)15-6-12-10/h6-7,9H,3-5H2,1-2H3/t7-,9+/m1/s1. The van der Waals surface area contributed by atoms with Gasteiger partial charge in [-0.25, -0.2) is 9.78 Å². The highest BCUT2D eigenvalue weighted by Crippen LogP contribution is 2.19. The Morgan fingerprint density at radius 1 is 1.62 bits per heavy atom. The summed E-state index contributed by atoms with van der Waals surface area (Å²) >= 11 is 0. The van der Waals surface area contributed by atoms with Crippen LogP contribution < -0.4 is 0 Å². The SMILES string of the molecule is Cc1ocnc1C(=O)OC[C@@H]1CC[C@@H](C)O1. The Morgan fingerprint density at radius 2 is 2.44 bits per heavy atom. The number of carbonyl (C=O) groups excluding carboxylic acids is 1. The molecule has 2 heterocycles. The number of hydrogen-bond donors (Lipinski definition) is 0. The second-order valence-electron chi connectivity index (χ2n) is 4.00. The van der Waals surface area contributed by atoms with Crippen LogP contribution in [-0.4, -0.2) is 29.8 Å². The summed E-state index contributed by atoms with van der Waals surface area (Å²) in [5.74, 6) is 0.0279. The van der Waals surface area contributed by atoms with E-state index in [1.54, 1.807) is 6.92 Å². The van der Waals surface area contributed by atoms with Gasteiger partial charge in [0.1, 0.15) is 12.4 Å². The smallest absolute Gasteiger partial charge is 0.360 e. The largest absolute Gasteiger partial charge is 0.458 e. The van der Waals surface area contributed by atoms with Gasteiger partial charge in [-0.05, 0) is 26.7 Å². The molecule has 1 aromatic heterocycles. The highest BCUT2D eigenvalue weighted by molar-refractivity contribution is 5.88. The summed E-state index contributed by atoms with van der Waals surface area (Å²) in [7, 11) is 0. The lowest BCUT2D eigenvalue weighted by molar-refractivity contribution is -0.00305. The van der Waals surface area contributed by atoms with Gasteiger partial charge in [0.2, 0.25) is 0 Å². The normalized spacial score (nSPS) is 24.6. The van der Waals surface area contributed by atoms with Crippen LogP contribution in [0.25, 0.3) is 0 Å². The van der Waals surface area contributed by atoms with E-state index in [4.69, 9.17) is 13.9 Å². The first kappa shape index (κ1) is 11.1. The maximum absolute atomic E-state index is 11.6. The minimum atomic E-state index is -0.450. The number of nitrogens with zero attached hydrogens (tertiary/aromatic N) is 1. The van der Waals surface area contributed by atoms with Crippen molar-refractivity contribution in [2.24, 2.45) is 0 Å². The molecule has 0 radical (unpaired) electrons. The molecule has 0 saturated carbocycles. The zero-order chi connectivity index (χ0) is 11.5. The van der Waals surface area contributed by atoms with Crippen LogP contribution in [0.2, 0.25) is 0 Å². The Hall–Kier alpha value is -1.36. The first-order valence-corrected chi connectivity index (χ1v) is 5.39. The number of rotatable bonds is 3. The van der Waals surface area contributed by atoms with E-state index in [0.29, 0.717) is 5.76 Å². The number of hydrogen-bond acceptors (Lipinski definition) is 5. The van der Waals surface area contributed by atoms with Gasteiger partial charge in [0.05, 0.1) is 12.2 Å². The molecular weight excluding hydrogens is 210 g/mol. The molecule has 0 aromatic carbocycles. The Labute approximate surface area is 93.7 Å². The zero-order valence-corrected chi connectivity index (χ0v) is 9.43. The van der Waals surface area contributed by atoms with Gasteiger partial charge in [-0.15, -0.1) is 0 Å². The molecule has 1 saturated heterocycles. The molecule has 2 rings (SSSR count). The Balaban J connectivity index is 1.82.